The number of benzene rings is 2. The Kier molecular flexibility index (Phi) is 5.35. The van der Waals surface area contributed by atoms with Crippen LogP contribution in [0.4, 0.5) is 10.6 Å². The topological polar surface area (TPSA) is 79.2 Å². The van der Waals surface area contributed by atoms with Gasteiger partial charge < -0.3 is 10.4 Å². The van der Waals surface area contributed by atoms with E-state index in [1.807, 2.05) is 42.5 Å². The van der Waals surface area contributed by atoms with E-state index in [4.69, 9.17) is 5.10 Å². The fraction of sp³-hybridized carbons (Fsp3) is 0.333. The number of aromatic nitrogens is 2. The summed E-state index contributed by atoms with van der Waals surface area (Å²) in [4.78, 5) is 12.8. The molecule has 1 heterocycles. The summed E-state index contributed by atoms with van der Waals surface area (Å²) >= 11 is 0. The van der Waals surface area contributed by atoms with Crippen LogP contribution >= 0.6 is 0 Å². The molecule has 156 valence electrons. The summed E-state index contributed by atoms with van der Waals surface area (Å²) in [5, 5.41) is 20.1. The maximum atomic E-state index is 12.8. The summed E-state index contributed by atoms with van der Waals surface area (Å²) in [5.41, 5.74) is 4.87. The van der Waals surface area contributed by atoms with Crippen LogP contribution in [0.5, 0.6) is 0 Å². The molecule has 0 radical (unpaired) electrons. The van der Waals surface area contributed by atoms with Crippen molar-refractivity contribution in [3.8, 4) is 5.69 Å². The van der Waals surface area contributed by atoms with Gasteiger partial charge in [-0.1, -0.05) is 57.2 Å². The average molecular weight is 405 g/mol. The van der Waals surface area contributed by atoms with E-state index in [2.05, 4.69) is 43.5 Å². The summed E-state index contributed by atoms with van der Waals surface area (Å²) in [5.74, 6) is 0.612. The lowest BCUT2D eigenvalue weighted by atomic mass is 9.92. The third-order valence-corrected chi connectivity index (χ3v) is 5.52. The lowest BCUT2D eigenvalue weighted by Crippen LogP contribution is -2.32. The second kappa shape index (κ2) is 7.95. The number of fused-ring (bicyclic) bond motifs is 1. The van der Waals surface area contributed by atoms with Gasteiger partial charge in [0.25, 0.3) is 0 Å². The highest BCUT2D eigenvalue weighted by Crippen LogP contribution is 2.31. The number of anilines is 1. The van der Waals surface area contributed by atoms with Crippen LogP contribution in [0.3, 0.4) is 0 Å². The molecule has 2 amide bonds. The molecule has 3 aromatic rings. The summed E-state index contributed by atoms with van der Waals surface area (Å²) in [7, 11) is 0. The van der Waals surface area contributed by atoms with Gasteiger partial charge in [-0.25, -0.2) is 9.48 Å². The van der Waals surface area contributed by atoms with Gasteiger partial charge in [-0.3, -0.25) is 5.32 Å². The second-order valence-corrected chi connectivity index (χ2v) is 8.79. The van der Waals surface area contributed by atoms with Crippen molar-refractivity contribution in [1.29, 1.82) is 0 Å². The van der Waals surface area contributed by atoms with Gasteiger partial charge in [-0.15, -0.1) is 0 Å². The maximum absolute atomic E-state index is 12.8. The number of nitrogens with zero attached hydrogens (tertiary/aromatic N) is 2. The Morgan fingerprint density at radius 3 is 2.60 bits per heavy atom. The van der Waals surface area contributed by atoms with E-state index in [1.54, 1.807) is 4.68 Å². The molecule has 1 aliphatic rings. The maximum Gasteiger partial charge on any atom is 0.320 e. The number of carbonyl (C=O) groups is 1. The Hall–Kier alpha value is -3.12. The SMILES string of the molecule is CC(C)(C)c1cc(NC(=O)N[C@H]2CCc3ccccc32)n(-c2ccc(CO)cc2)n1. The molecule has 0 unspecified atom stereocenters. The Morgan fingerprint density at radius 2 is 1.90 bits per heavy atom. The first-order valence-electron chi connectivity index (χ1n) is 10.3. The summed E-state index contributed by atoms with van der Waals surface area (Å²) in [6.07, 6.45) is 1.88. The quantitative estimate of drug-likeness (QED) is 0.600. The molecule has 0 saturated heterocycles. The van der Waals surface area contributed by atoms with Crippen LogP contribution in [0.25, 0.3) is 5.69 Å². The predicted molar refractivity (Wildman–Crippen MR) is 118 cm³/mol. The van der Waals surface area contributed by atoms with Crippen molar-refractivity contribution in [2.24, 2.45) is 0 Å². The van der Waals surface area contributed by atoms with Crippen LogP contribution in [0, 0.1) is 0 Å². The first-order chi connectivity index (χ1) is 14.3. The van der Waals surface area contributed by atoms with Crippen LogP contribution in [-0.2, 0) is 18.4 Å². The number of nitrogens with one attached hydrogen (secondary N) is 2. The number of amides is 2. The van der Waals surface area contributed by atoms with Gasteiger partial charge in [-0.2, -0.15) is 5.10 Å². The van der Waals surface area contributed by atoms with E-state index >= 15 is 0 Å². The lowest BCUT2D eigenvalue weighted by Gasteiger charge is -2.15. The number of aliphatic hydroxyl groups excluding tert-OH is 1. The standard InChI is InChI=1S/C24H28N4O2/c1-24(2,3)21-14-22(28(27-21)18-11-8-16(15-29)9-12-18)26-23(30)25-20-13-10-17-6-4-5-7-19(17)20/h4-9,11-12,14,20,29H,10,13,15H2,1-3H3,(H2,25,26,30)/t20-/m0/s1. The zero-order valence-electron chi connectivity index (χ0n) is 17.6. The van der Waals surface area contributed by atoms with Crippen LogP contribution in [0.2, 0.25) is 0 Å². The smallest absolute Gasteiger partial charge is 0.320 e. The van der Waals surface area contributed by atoms with Crippen molar-refractivity contribution < 1.29 is 9.90 Å². The molecule has 0 spiro atoms. The third-order valence-electron chi connectivity index (χ3n) is 5.52. The fourth-order valence-corrected chi connectivity index (χ4v) is 3.79. The Balaban J connectivity index is 1.58. The number of urea groups is 1. The third kappa shape index (κ3) is 4.09. The predicted octanol–water partition coefficient (Wildman–Crippen LogP) is 4.47. The Morgan fingerprint density at radius 1 is 1.17 bits per heavy atom. The Labute approximate surface area is 176 Å². The average Bonchev–Trinajstić information content (AvgIpc) is 3.33. The molecule has 4 rings (SSSR count). The number of hydrogen-bond acceptors (Lipinski definition) is 3. The highest BCUT2D eigenvalue weighted by atomic mass is 16.3. The molecule has 2 aromatic carbocycles. The number of carbonyl (C=O) groups excluding carboxylic acids is 1. The van der Waals surface area contributed by atoms with E-state index in [-0.39, 0.29) is 24.1 Å². The minimum absolute atomic E-state index is 0.0109. The zero-order chi connectivity index (χ0) is 21.3. The van der Waals surface area contributed by atoms with Gasteiger partial charge in [-0.05, 0) is 41.7 Å². The monoisotopic (exact) mass is 404 g/mol. The molecule has 0 aliphatic heterocycles. The van der Waals surface area contributed by atoms with E-state index in [9.17, 15) is 9.90 Å². The summed E-state index contributed by atoms with van der Waals surface area (Å²) in [6.45, 7) is 6.26. The van der Waals surface area contributed by atoms with Crippen molar-refractivity contribution >= 4 is 11.8 Å². The first kappa shape index (κ1) is 20.2. The van der Waals surface area contributed by atoms with Gasteiger partial charge in [0.05, 0.1) is 24.0 Å². The van der Waals surface area contributed by atoms with Gasteiger partial charge >= 0.3 is 6.03 Å². The van der Waals surface area contributed by atoms with Crippen molar-refractivity contribution in [3.63, 3.8) is 0 Å². The molecule has 6 nitrogen and oxygen atoms in total. The fourth-order valence-electron chi connectivity index (χ4n) is 3.79. The molecule has 3 N–H and O–H groups in total. The van der Waals surface area contributed by atoms with E-state index < -0.39 is 0 Å². The molecule has 1 atom stereocenters. The number of aryl methyl sites for hydroxylation is 1. The summed E-state index contributed by atoms with van der Waals surface area (Å²) < 4.78 is 1.74. The largest absolute Gasteiger partial charge is 0.392 e. The van der Waals surface area contributed by atoms with E-state index in [0.29, 0.717) is 5.82 Å². The Bertz CT molecular complexity index is 1050. The van der Waals surface area contributed by atoms with Gasteiger partial charge in [0, 0.05) is 11.5 Å². The van der Waals surface area contributed by atoms with Crippen LogP contribution in [0.15, 0.2) is 54.6 Å². The molecule has 0 fully saturated rings. The van der Waals surface area contributed by atoms with Crippen molar-refractivity contribution in [2.75, 3.05) is 5.32 Å². The second-order valence-electron chi connectivity index (χ2n) is 8.79. The van der Waals surface area contributed by atoms with Crippen LogP contribution in [-0.4, -0.2) is 20.9 Å². The van der Waals surface area contributed by atoms with Gasteiger partial charge in [0.2, 0.25) is 0 Å². The van der Waals surface area contributed by atoms with E-state index in [0.717, 1.165) is 29.8 Å². The highest BCUT2D eigenvalue weighted by molar-refractivity contribution is 5.89. The summed E-state index contributed by atoms with van der Waals surface area (Å²) in [6, 6.07) is 17.4. The minimum atomic E-state index is -0.245. The van der Waals surface area contributed by atoms with E-state index in [1.165, 1.54) is 11.1 Å². The minimum Gasteiger partial charge on any atom is -0.392 e. The van der Waals surface area contributed by atoms with Gasteiger partial charge in [0.15, 0.2) is 0 Å². The number of rotatable bonds is 4. The van der Waals surface area contributed by atoms with Gasteiger partial charge in [0.1, 0.15) is 5.82 Å². The van der Waals surface area contributed by atoms with Crippen molar-refractivity contribution in [2.45, 2.75) is 51.7 Å². The molecule has 0 saturated carbocycles. The zero-order valence-corrected chi connectivity index (χ0v) is 17.6. The van der Waals surface area contributed by atoms with Crippen LogP contribution in [0.1, 0.15) is 55.6 Å². The van der Waals surface area contributed by atoms with Crippen molar-refractivity contribution in [3.05, 3.63) is 77.0 Å². The molecule has 1 aromatic heterocycles. The normalized spacial score (nSPS) is 15.7. The van der Waals surface area contributed by atoms with Crippen molar-refractivity contribution in [1.82, 2.24) is 15.1 Å². The molecular weight excluding hydrogens is 376 g/mol. The molecule has 0 bridgehead atoms. The molecule has 1 aliphatic carbocycles. The van der Waals surface area contributed by atoms with Crippen LogP contribution < -0.4 is 10.6 Å². The molecule has 6 heteroatoms. The molecular formula is C24H28N4O2. The first-order valence-corrected chi connectivity index (χ1v) is 10.3. The number of aliphatic hydroxyl groups is 1. The highest BCUT2D eigenvalue weighted by Gasteiger charge is 2.25. The molecule has 30 heavy (non-hydrogen) atoms. The lowest BCUT2D eigenvalue weighted by molar-refractivity contribution is 0.248. The number of hydrogen-bond donors (Lipinski definition) is 3.